The van der Waals surface area contributed by atoms with E-state index in [0.29, 0.717) is 0 Å². The van der Waals surface area contributed by atoms with Gasteiger partial charge in [-0.3, -0.25) is 0 Å². The first-order valence-corrected chi connectivity index (χ1v) is 10.4. The monoisotopic (exact) mass is 508 g/mol. The minimum Gasteiger partial charge on any atom is -1.00 e. The first kappa shape index (κ1) is 35.8. The molecule has 0 heterocycles. The van der Waals surface area contributed by atoms with Gasteiger partial charge in [0.05, 0.1) is 0 Å². The third-order valence-corrected chi connectivity index (χ3v) is 6.72. The van der Waals surface area contributed by atoms with Crippen LogP contribution in [0.1, 0.15) is 4.28 Å². The Hall–Kier alpha value is 3.17. The van der Waals surface area contributed by atoms with Gasteiger partial charge < -0.3 is 54.5 Å². The molecule has 0 radical (unpaired) electrons. The van der Waals surface area contributed by atoms with E-state index < -0.39 is 59.8 Å². The number of hydrogen-bond acceptors (Lipinski definition) is 12. The van der Waals surface area contributed by atoms with Crippen molar-refractivity contribution in [1.29, 1.82) is 0 Å². The van der Waals surface area contributed by atoms with Crippen LogP contribution in [0.25, 0.3) is 0 Å². The molecule has 1 rings (SSSR count). The largest absolute Gasteiger partial charge is 1.00 e. The SMILES string of the molecule is O=P(O)(O)OP(=O)(O)OP(=O)(O)OC1(O)[C@H](O)[C@H](O)C(O)[C@H](O)[C@H]1O.[H-].[H-].[H-].[Na+].[Na+].[Na+]. The molecular weight excluding hydrogens is 490 g/mol. The van der Waals surface area contributed by atoms with Gasteiger partial charge in [-0.25, -0.2) is 18.2 Å². The molecule has 0 bridgehead atoms. The van der Waals surface area contributed by atoms with Crippen molar-refractivity contribution in [3.05, 3.63) is 0 Å². The molecule has 1 aliphatic carbocycles. The van der Waals surface area contributed by atoms with Crippen molar-refractivity contribution in [3.63, 3.8) is 0 Å². The van der Waals surface area contributed by atoms with Crippen LogP contribution in [-0.2, 0) is 26.8 Å². The van der Waals surface area contributed by atoms with Gasteiger partial charge in [0.15, 0.2) is 0 Å². The number of phosphoric acid groups is 3. The standard InChI is InChI=1S/C6H15O16P3.3Na.3H/c7-1-2(8)4(10)6(12,5(11)3(1)9)20-24(16,17)22-25(18,19)21-23(13,14)15;;;;;;/h1-5,7-12H,(H,16,17)(H,18,19)(H2,13,14,15);;;;;;/q;3*+1;3*-1/t1?,2-,3+,4-,5-,6?;;;;;;/m1....../s1. The molecular formula is C6H18Na3O16P3. The average Bonchev–Trinajstić information content (AvgIpc) is 2.36. The Balaban J connectivity index is -0.000000260. The second-order valence-corrected chi connectivity index (χ2v) is 9.14. The molecule has 28 heavy (non-hydrogen) atoms. The van der Waals surface area contributed by atoms with E-state index >= 15 is 0 Å². The van der Waals surface area contributed by atoms with Gasteiger partial charge in [-0.2, -0.15) is 8.62 Å². The summed E-state index contributed by atoms with van der Waals surface area (Å²) in [5.74, 6) is -3.72. The van der Waals surface area contributed by atoms with Crippen molar-refractivity contribution >= 4 is 23.5 Å². The molecule has 16 nitrogen and oxygen atoms in total. The van der Waals surface area contributed by atoms with Gasteiger partial charge in [0.25, 0.3) is 0 Å². The number of hydrogen-bond donors (Lipinski definition) is 10. The summed E-state index contributed by atoms with van der Waals surface area (Å²) in [6.45, 7) is 0. The van der Waals surface area contributed by atoms with Crippen LogP contribution in [0.15, 0.2) is 0 Å². The maximum atomic E-state index is 11.6. The Labute approximate surface area is 227 Å². The van der Waals surface area contributed by atoms with E-state index in [-0.39, 0.29) is 93.0 Å². The second kappa shape index (κ2) is 12.6. The number of aliphatic hydroxyl groups excluding tert-OH is 5. The molecule has 1 fully saturated rings. The number of aliphatic hydroxyl groups is 6. The van der Waals surface area contributed by atoms with Crippen molar-refractivity contribution in [2.45, 2.75) is 36.3 Å². The summed E-state index contributed by atoms with van der Waals surface area (Å²) in [4.78, 5) is 34.9. The maximum absolute atomic E-state index is 11.6. The van der Waals surface area contributed by atoms with Gasteiger partial charge in [-0.1, -0.05) is 0 Å². The molecule has 1 saturated carbocycles. The van der Waals surface area contributed by atoms with Gasteiger partial charge in [0, 0.05) is 0 Å². The van der Waals surface area contributed by atoms with Gasteiger partial charge >= 0.3 is 112 Å². The Morgan fingerprint density at radius 3 is 1.36 bits per heavy atom. The summed E-state index contributed by atoms with van der Waals surface area (Å²) in [6, 6.07) is 0. The number of rotatable bonds is 6. The first-order valence-electron chi connectivity index (χ1n) is 5.89. The third kappa shape index (κ3) is 9.57. The Morgan fingerprint density at radius 1 is 0.679 bits per heavy atom. The van der Waals surface area contributed by atoms with Crippen LogP contribution in [0, 0.1) is 0 Å². The van der Waals surface area contributed by atoms with Crippen LogP contribution in [-0.4, -0.2) is 86.5 Å². The van der Waals surface area contributed by atoms with Crippen LogP contribution in [0.4, 0.5) is 0 Å². The zero-order chi connectivity index (χ0) is 20.0. The van der Waals surface area contributed by atoms with Crippen LogP contribution >= 0.6 is 23.5 Å². The van der Waals surface area contributed by atoms with E-state index in [2.05, 4.69) is 13.1 Å². The molecule has 10 N–H and O–H groups in total. The van der Waals surface area contributed by atoms with E-state index in [9.17, 15) is 49.2 Å². The molecule has 0 aromatic carbocycles. The number of phosphoric ester groups is 1. The summed E-state index contributed by atoms with van der Waals surface area (Å²) >= 11 is 0. The van der Waals surface area contributed by atoms with E-state index in [1.807, 2.05) is 0 Å². The summed E-state index contributed by atoms with van der Waals surface area (Å²) in [6.07, 6.45) is -12.6. The predicted molar refractivity (Wildman–Crippen MR) is 73.3 cm³/mol. The van der Waals surface area contributed by atoms with Gasteiger partial charge in [-0.15, -0.1) is 0 Å². The second-order valence-electron chi connectivity index (χ2n) is 4.80. The third-order valence-electron chi connectivity index (χ3n) is 2.87. The van der Waals surface area contributed by atoms with Crippen LogP contribution in [0.3, 0.4) is 0 Å². The fraction of sp³-hybridized carbons (Fsp3) is 1.00. The molecule has 8 atom stereocenters. The fourth-order valence-corrected chi connectivity index (χ4v) is 5.05. The molecule has 0 amide bonds. The smallest absolute Gasteiger partial charge is 1.00 e. The molecule has 22 heteroatoms. The van der Waals surface area contributed by atoms with Crippen LogP contribution in [0.2, 0.25) is 0 Å². The van der Waals surface area contributed by atoms with Gasteiger partial charge in [0.2, 0.25) is 5.79 Å². The molecule has 0 aromatic rings. The van der Waals surface area contributed by atoms with E-state index in [4.69, 9.17) is 14.7 Å². The maximum Gasteiger partial charge on any atom is 1.00 e. The minimum atomic E-state index is -6.04. The summed E-state index contributed by atoms with van der Waals surface area (Å²) in [7, 11) is -17.7. The molecule has 0 spiro atoms. The van der Waals surface area contributed by atoms with E-state index in [1.165, 1.54) is 0 Å². The molecule has 0 aromatic heterocycles. The van der Waals surface area contributed by atoms with Crippen molar-refractivity contribution in [2.75, 3.05) is 0 Å². The van der Waals surface area contributed by atoms with Crippen molar-refractivity contribution in [2.24, 2.45) is 0 Å². The van der Waals surface area contributed by atoms with Crippen molar-refractivity contribution in [3.8, 4) is 0 Å². The summed E-state index contributed by atoms with van der Waals surface area (Å²) in [5.41, 5.74) is 0. The zero-order valence-corrected chi connectivity index (χ0v) is 23.3. The van der Waals surface area contributed by atoms with Gasteiger partial charge in [-0.05, 0) is 0 Å². The Bertz CT molecular complexity index is 639. The van der Waals surface area contributed by atoms with E-state index in [0.717, 1.165) is 0 Å². The molecule has 1 aliphatic rings. The minimum absolute atomic E-state index is 0. The quantitative estimate of drug-likeness (QED) is 0.0905. The average molecular weight is 508 g/mol. The zero-order valence-electron chi connectivity index (χ0n) is 17.7. The predicted octanol–water partition coefficient (Wildman–Crippen LogP) is -12.8. The Morgan fingerprint density at radius 2 is 1.04 bits per heavy atom. The molecule has 0 aliphatic heterocycles. The topological polar surface area (TPSA) is 281 Å². The normalized spacial score (nSPS) is 37.3. The molecule has 156 valence electrons. The van der Waals surface area contributed by atoms with Crippen molar-refractivity contribution < 1.29 is 170 Å². The first-order chi connectivity index (χ1) is 10.9. The summed E-state index contributed by atoms with van der Waals surface area (Å²) in [5, 5.41) is 57.1. The van der Waals surface area contributed by atoms with Crippen molar-refractivity contribution in [1.82, 2.24) is 0 Å². The molecule has 0 saturated heterocycles. The fourth-order valence-electron chi connectivity index (χ4n) is 1.83. The molecule has 4 unspecified atom stereocenters. The van der Waals surface area contributed by atoms with Crippen LogP contribution in [0.5, 0.6) is 0 Å². The Kier molecular flexibility index (Phi) is 16.1. The van der Waals surface area contributed by atoms with Crippen LogP contribution < -0.4 is 88.7 Å². The summed E-state index contributed by atoms with van der Waals surface area (Å²) < 4.78 is 43.8. The van der Waals surface area contributed by atoms with Gasteiger partial charge in [0.1, 0.15) is 30.5 Å². The van der Waals surface area contributed by atoms with E-state index in [1.54, 1.807) is 0 Å².